The third-order valence-electron chi connectivity index (χ3n) is 3.39. The topological polar surface area (TPSA) is 102 Å². The van der Waals surface area contributed by atoms with Crippen LogP contribution in [-0.2, 0) is 0 Å². The van der Waals surface area contributed by atoms with Crippen LogP contribution in [0.2, 0.25) is 5.15 Å². The van der Waals surface area contributed by atoms with Crippen LogP contribution in [0.4, 0.5) is 22.2 Å². The Balaban J connectivity index is 1.70. The molecule has 0 aliphatic carbocycles. The molecule has 0 aliphatic rings. The third-order valence-corrected chi connectivity index (χ3v) is 4.70. The first-order valence-corrected chi connectivity index (χ1v) is 8.86. The van der Waals surface area contributed by atoms with Crippen LogP contribution >= 0.6 is 22.9 Å². The minimum absolute atomic E-state index is 0.0192. The molecule has 10 heteroatoms. The number of nitro groups is 1. The predicted octanol–water partition coefficient (Wildman–Crippen LogP) is 4.90. The van der Waals surface area contributed by atoms with Gasteiger partial charge < -0.3 is 10.1 Å². The number of aromatic nitrogens is 1. The molecule has 27 heavy (non-hydrogen) atoms. The monoisotopic (exact) mass is 403 g/mol. The van der Waals surface area contributed by atoms with Gasteiger partial charge in [-0.05, 0) is 18.2 Å². The molecule has 0 radical (unpaired) electrons. The predicted molar refractivity (Wildman–Crippen MR) is 108 cm³/mol. The molecule has 3 aromatic rings. The van der Waals surface area contributed by atoms with Gasteiger partial charge in [0.25, 0.3) is 5.69 Å². The summed E-state index contributed by atoms with van der Waals surface area (Å²) >= 11 is 7.46. The van der Waals surface area contributed by atoms with Crippen LogP contribution in [0.5, 0.6) is 5.75 Å². The van der Waals surface area contributed by atoms with E-state index in [9.17, 15) is 10.1 Å². The fourth-order valence-electron chi connectivity index (χ4n) is 2.16. The van der Waals surface area contributed by atoms with Gasteiger partial charge in [0.1, 0.15) is 5.75 Å². The normalized spacial score (nSPS) is 10.7. The van der Waals surface area contributed by atoms with Gasteiger partial charge >= 0.3 is 0 Å². The maximum absolute atomic E-state index is 10.8. The number of hydrogen-bond acceptors (Lipinski definition) is 8. The number of hydrogen-bond donors (Lipinski definition) is 2. The Morgan fingerprint density at radius 2 is 2.11 bits per heavy atom. The largest absolute Gasteiger partial charge is 0.495 e. The Kier molecular flexibility index (Phi) is 5.84. The number of rotatable bonds is 7. The van der Waals surface area contributed by atoms with Crippen molar-refractivity contribution < 1.29 is 9.66 Å². The lowest BCUT2D eigenvalue weighted by molar-refractivity contribution is -0.384. The van der Waals surface area contributed by atoms with E-state index in [1.54, 1.807) is 19.2 Å². The van der Waals surface area contributed by atoms with E-state index in [0.29, 0.717) is 26.6 Å². The second-order valence-electron chi connectivity index (χ2n) is 5.18. The smallest absolute Gasteiger partial charge is 0.271 e. The maximum atomic E-state index is 10.8. The number of anilines is 3. The Morgan fingerprint density at radius 3 is 2.89 bits per heavy atom. The molecule has 1 heterocycles. The quantitative estimate of drug-likeness (QED) is 0.330. The summed E-state index contributed by atoms with van der Waals surface area (Å²) in [6.07, 6.45) is 1.51. The van der Waals surface area contributed by atoms with E-state index < -0.39 is 4.92 Å². The van der Waals surface area contributed by atoms with Crippen molar-refractivity contribution in [2.45, 2.75) is 0 Å². The Bertz CT molecular complexity index is 992. The van der Waals surface area contributed by atoms with Gasteiger partial charge in [0.05, 0.1) is 34.5 Å². The lowest BCUT2D eigenvalue weighted by atomic mass is 10.3. The zero-order valence-corrected chi connectivity index (χ0v) is 15.6. The van der Waals surface area contributed by atoms with Crippen LogP contribution in [0.15, 0.2) is 53.6 Å². The summed E-state index contributed by atoms with van der Waals surface area (Å²) in [5.74, 6) is 0.686. The van der Waals surface area contributed by atoms with Crippen molar-refractivity contribution in [1.29, 1.82) is 0 Å². The average molecular weight is 404 g/mol. The highest BCUT2D eigenvalue weighted by atomic mass is 35.5. The van der Waals surface area contributed by atoms with E-state index in [-0.39, 0.29) is 5.69 Å². The molecule has 0 saturated carbocycles. The lowest BCUT2D eigenvalue weighted by Gasteiger charge is -2.07. The minimum atomic E-state index is -0.468. The van der Waals surface area contributed by atoms with Gasteiger partial charge in [-0.25, -0.2) is 4.98 Å². The highest BCUT2D eigenvalue weighted by molar-refractivity contribution is 7.17. The molecule has 8 nitrogen and oxygen atoms in total. The Labute approximate surface area is 163 Å². The Morgan fingerprint density at radius 1 is 1.30 bits per heavy atom. The number of hydrazone groups is 1. The number of nitro benzene ring substituents is 1. The van der Waals surface area contributed by atoms with Crippen molar-refractivity contribution in [3.05, 3.63) is 68.7 Å². The molecule has 138 valence electrons. The maximum Gasteiger partial charge on any atom is 0.271 e. The molecule has 0 spiro atoms. The number of halogens is 1. The van der Waals surface area contributed by atoms with Gasteiger partial charge in [0.15, 0.2) is 10.3 Å². The van der Waals surface area contributed by atoms with E-state index >= 15 is 0 Å². The minimum Gasteiger partial charge on any atom is -0.495 e. The van der Waals surface area contributed by atoms with Crippen LogP contribution in [0.3, 0.4) is 0 Å². The summed E-state index contributed by atoms with van der Waals surface area (Å²) < 4.78 is 5.29. The molecular formula is C17H14ClN5O3S. The molecule has 0 fully saturated rings. The van der Waals surface area contributed by atoms with E-state index in [2.05, 4.69) is 20.8 Å². The molecule has 3 rings (SSSR count). The number of thiazole rings is 1. The number of nitrogens with zero attached hydrogens (tertiary/aromatic N) is 3. The first kappa shape index (κ1) is 18.6. The van der Waals surface area contributed by atoms with Gasteiger partial charge in [-0.3, -0.25) is 15.5 Å². The SMILES string of the molecule is COc1ccccc1Nc1nc(Cl)c(/C=N/Nc2cccc([N+](=O)[O-])c2)s1. The zero-order valence-electron chi connectivity index (χ0n) is 14.0. The highest BCUT2D eigenvalue weighted by Gasteiger charge is 2.10. The van der Waals surface area contributed by atoms with Crippen molar-refractivity contribution in [1.82, 2.24) is 4.98 Å². The molecule has 2 N–H and O–H groups in total. The second-order valence-corrected chi connectivity index (χ2v) is 6.57. The lowest BCUT2D eigenvalue weighted by Crippen LogP contribution is -1.93. The summed E-state index contributed by atoms with van der Waals surface area (Å²) in [7, 11) is 1.59. The molecule has 0 amide bonds. The first-order chi connectivity index (χ1) is 13.1. The first-order valence-electron chi connectivity index (χ1n) is 7.66. The van der Waals surface area contributed by atoms with Crippen LogP contribution in [-0.4, -0.2) is 23.2 Å². The van der Waals surface area contributed by atoms with E-state index in [0.717, 1.165) is 5.69 Å². The molecule has 1 aromatic heterocycles. The van der Waals surface area contributed by atoms with Gasteiger partial charge in [-0.1, -0.05) is 41.1 Å². The van der Waals surface area contributed by atoms with Crippen LogP contribution in [0.25, 0.3) is 0 Å². The van der Waals surface area contributed by atoms with Crippen LogP contribution in [0.1, 0.15) is 4.88 Å². The number of ether oxygens (including phenoxy) is 1. The molecule has 0 bridgehead atoms. The summed E-state index contributed by atoms with van der Waals surface area (Å²) in [4.78, 5) is 15.2. The summed E-state index contributed by atoms with van der Waals surface area (Å²) in [6.45, 7) is 0. The van der Waals surface area contributed by atoms with Gasteiger partial charge in [-0.2, -0.15) is 5.10 Å². The zero-order chi connectivity index (χ0) is 19.2. The Hall–Kier alpha value is -3.17. The molecular weight excluding hydrogens is 390 g/mol. The van der Waals surface area contributed by atoms with E-state index in [1.807, 2.05) is 24.3 Å². The summed E-state index contributed by atoms with van der Waals surface area (Å²) in [5.41, 5.74) is 3.98. The molecule has 0 saturated heterocycles. The molecule has 0 aliphatic heterocycles. The van der Waals surface area contributed by atoms with E-state index in [4.69, 9.17) is 16.3 Å². The second kappa shape index (κ2) is 8.47. The fourth-order valence-corrected chi connectivity index (χ4v) is 3.20. The molecule has 0 atom stereocenters. The third kappa shape index (κ3) is 4.72. The van der Waals surface area contributed by atoms with Crippen molar-refractivity contribution in [2.24, 2.45) is 5.10 Å². The number of methoxy groups -OCH3 is 1. The molecule has 2 aromatic carbocycles. The van der Waals surface area contributed by atoms with Crippen molar-refractivity contribution >= 4 is 51.3 Å². The summed E-state index contributed by atoms with van der Waals surface area (Å²) in [5, 5.41) is 18.9. The van der Waals surface area contributed by atoms with Gasteiger partial charge in [-0.15, -0.1) is 0 Å². The number of benzene rings is 2. The molecule has 0 unspecified atom stereocenters. The summed E-state index contributed by atoms with van der Waals surface area (Å²) in [6, 6.07) is 13.5. The number of nitrogens with one attached hydrogen (secondary N) is 2. The van der Waals surface area contributed by atoms with Crippen molar-refractivity contribution in [3.8, 4) is 5.75 Å². The van der Waals surface area contributed by atoms with Gasteiger partial charge in [0, 0.05) is 12.1 Å². The van der Waals surface area contributed by atoms with Crippen molar-refractivity contribution in [2.75, 3.05) is 17.9 Å². The van der Waals surface area contributed by atoms with Crippen LogP contribution in [0, 0.1) is 10.1 Å². The van der Waals surface area contributed by atoms with Gasteiger partial charge in [0.2, 0.25) is 0 Å². The fraction of sp³-hybridized carbons (Fsp3) is 0.0588. The standard InChI is InChI=1S/C17H14ClN5O3S/c1-26-14-8-3-2-7-13(14)20-17-21-16(18)15(27-17)10-19-22-11-5-4-6-12(9-11)23(24)25/h2-10,22H,1H3,(H,20,21)/b19-10+. The highest BCUT2D eigenvalue weighted by Crippen LogP contribution is 2.31. The van der Waals surface area contributed by atoms with E-state index in [1.165, 1.54) is 29.7 Å². The average Bonchev–Trinajstić information content (AvgIpc) is 3.01. The van der Waals surface area contributed by atoms with Crippen molar-refractivity contribution in [3.63, 3.8) is 0 Å². The number of non-ortho nitro benzene ring substituents is 1. The number of para-hydroxylation sites is 2. The van der Waals surface area contributed by atoms with Crippen LogP contribution < -0.4 is 15.5 Å².